The molecule has 0 spiro atoms. The molecule has 5 heteroatoms. The molecule has 1 aromatic rings. The SMILES string of the molecule is OC1(c2ccccn2)CCN(C[C@]2(O)CCCN3CCCC[C@@H]32)CC1. The van der Waals surface area contributed by atoms with Gasteiger partial charge in [0, 0.05) is 31.9 Å². The minimum absolute atomic E-state index is 0.326. The third kappa shape index (κ3) is 3.47. The number of fused-ring (bicyclic) bond motifs is 1. The summed E-state index contributed by atoms with van der Waals surface area (Å²) >= 11 is 0. The van der Waals surface area contributed by atoms with E-state index >= 15 is 0 Å². The first kappa shape index (κ1) is 17.4. The van der Waals surface area contributed by atoms with E-state index in [9.17, 15) is 10.2 Å². The Morgan fingerprint density at radius 1 is 1.00 bits per heavy atom. The Morgan fingerprint density at radius 3 is 2.56 bits per heavy atom. The summed E-state index contributed by atoms with van der Waals surface area (Å²) in [6, 6.07) is 6.07. The number of nitrogens with zero attached hydrogens (tertiary/aromatic N) is 3. The van der Waals surface area contributed by atoms with E-state index in [1.54, 1.807) is 6.20 Å². The summed E-state index contributed by atoms with van der Waals surface area (Å²) in [4.78, 5) is 9.23. The number of likely N-dealkylation sites (tertiary alicyclic amines) is 1. The Hall–Kier alpha value is -1.01. The first-order valence-electron chi connectivity index (χ1n) is 9.92. The fraction of sp³-hybridized carbons (Fsp3) is 0.750. The van der Waals surface area contributed by atoms with Gasteiger partial charge in [-0.3, -0.25) is 9.88 Å². The zero-order valence-corrected chi connectivity index (χ0v) is 15.1. The van der Waals surface area contributed by atoms with Crippen molar-refractivity contribution in [2.45, 2.75) is 62.2 Å². The summed E-state index contributed by atoms with van der Waals surface area (Å²) in [6.45, 7) is 4.68. The highest BCUT2D eigenvalue weighted by atomic mass is 16.3. The number of aromatic nitrogens is 1. The van der Waals surface area contributed by atoms with Crippen LogP contribution >= 0.6 is 0 Å². The van der Waals surface area contributed by atoms with E-state index in [1.807, 2.05) is 18.2 Å². The van der Waals surface area contributed by atoms with Crippen LogP contribution < -0.4 is 0 Å². The summed E-state index contributed by atoms with van der Waals surface area (Å²) in [6.07, 6.45) is 8.78. The molecule has 0 unspecified atom stereocenters. The average molecular weight is 345 g/mol. The quantitative estimate of drug-likeness (QED) is 0.874. The van der Waals surface area contributed by atoms with Crippen molar-refractivity contribution in [1.29, 1.82) is 0 Å². The van der Waals surface area contributed by atoms with Crippen LogP contribution in [0.25, 0.3) is 0 Å². The van der Waals surface area contributed by atoms with Crippen molar-refractivity contribution in [2.24, 2.45) is 0 Å². The molecule has 5 nitrogen and oxygen atoms in total. The van der Waals surface area contributed by atoms with Gasteiger partial charge < -0.3 is 15.1 Å². The van der Waals surface area contributed by atoms with Crippen LogP contribution in [0.5, 0.6) is 0 Å². The summed E-state index contributed by atoms with van der Waals surface area (Å²) < 4.78 is 0. The van der Waals surface area contributed by atoms with E-state index in [4.69, 9.17) is 0 Å². The lowest BCUT2D eigenvalue weighted by atomic mass is 9.78. The fourth-order valence-corrected chi connectivity index (χ4v) is 5.17. The summed E-state index contributed by atoms with van der Waals surface area (Å²) in [7, 11) is 0. The molecule has 0 bridgehead atoms. The molecule has 2 N–H and O–H groups in total. The second-order valence-electron chi connectivity index (χ2n) is 8.28. The van der Waals surface area contributed by atoms with Crippen LogP contribution in [0.3, 0.4) is 0 Å². The average Bonchev–Trinajstić information content (AvgIpc) is 2.65. The van der Waals surface area contributed by atoms with E-state index in [1.165, 1.54) is 12.8 Å². The number of hydrogen-bond donors (Lipinski definition) is 2. The molecule has 3 fully saturated rings. The van der Waals surface area contributed by atoms with Gasteiger partial charge in [-0.1, -0.05) is 12.5 Å². The highest BCUT2D eigenvalue weighted by Crippen LogP contribution is 2.37. The van der Waals surface area contributed by atoms with Crippen LogP contribution in [0.4, 0.5) is 0 Å². The summed E-state index contributed by atoms with van der Waals surface area (Å²) in [5.41, 5.74) is -0.618. The van der Waals surface area contributed by atoms with Crippen LogP contribution in [0, 0.1) is 0 Å². The lowest BCUT2D eigenvalue weighted by molar-refractivity contribution is -0.120. The number of piperidine rings is 3. The van der Waals surface area contributed by atoms with Gasteiger partial charge in [-0.2, -0.15) is 0 Å². The molecule has 0 saturated carbocycles. The molecule has 0 aromatic carbocycles. The predicted molar refractivity (Wildman–Crippen MR) is 97.2 cm³/mol. The maximum atomic E-state index is 11.4. The van der Waals surface area contributed by atoms with Crippen LogP contribution in [0.1, 0.15) is 50.6 Å². The van der Waals surface area contributed by atoms with Crippen molar-refractivity contribution in [1.82, 2.24) is 14.8 Å². The number of aliphatic hydroxyl groups is 2. The van der Waals surface area contributed by atoms with Crippen LogP contribution in [-0.4, -0.2) is 69.4 Å². The van der Waals surface area contributed by atoms with Gasteiger partial charge in [-0.25, -0.2) is 0 Å². The van der Waals surface area contributed by atoms with Crippen molar-refractivity contribution in [3.63, 3.8) is 0 Å². The third-order valence-electron chi connectivity index (χ3n) is 6.61. The van der Waals surface area contributed by atoms with Gasteiger partial charge in [0.1, 0.15) is 5.60 Å². The van der Waals surface area contributed by atoms with Gasteiger partial charge in [0.25, 0.3) is 0 Å². The Kier molecular flexibility index (Phi) is 4.84. The molecule has 3 aliphatic heterocycles. The maximum absolute atomic E-state index is 11.4. The molecule has 138 valence electrons. The van der Waals surface area contributed by atoms with Gasteiger partial charge in [-0.05, 0) is 63.7 Å². The lowest BCUT2D eigenvalue weighted by Gasteiger charge is -2.51. The second-order valence-corrected chi connectivity index (χ2v) is 8.28. The second kappa shape index (κ2) is 6.95. The molecule has 3 saturated heterocycles. The van der Waals surface area contributed by atoms with Gasteiger partial charge in [-0.15, -0.1) is 0 Å². The third-order valence-corrected chi connectivity index (χ3v) is 6.61. The van der Waals surface area contributed by atoms with Gasteiger partial charge in [0.15, 0.2) is 0 Å². The van der Waals surface area contributed by atoms with Gasteiger partial charge >= 0.3 is 0 Å². The minimum atomic E-state index is -0.816. The zero-order chi connectivity index (χ0) is 17.3. The van der Waals surface area contributed by atoms with Crippen molar-refractivity contribution in [3.05, 3.63) is 30.1 Å². The molecular weight excluding hydrogens is 314 g/mol. The largest absolute Gasteiger partial charge is 0.387 e. The molecule has 1 aromatic heterocycles. The molecule has 0 aliphatic carbocycles. The molecule has 25 heavy (non-hydrogen) atoms. The molecular formula is C20H31N3O2. The van der Waals surface area contributed by atoms with Crippen LogP contribution in [-0.2, 0) is 5.60 Å². The first-order chi connectivity index (χ1) is 12.1. The normalized spacial score (nSPS) is 33.8. The summed E-state index contributed by atoms with van der Waals surface area (Å²) in [5, 5.41) is 22.4. The first-order valence-corrected chi connectivity index (χ1v) is 9.92. The molecule has 0 amide bonds. The highest BCUT2D eigenvalue weighted by Gasteiger charge is 2.46. The van der Waals surface area contributed by atoms with Crippen LogP contribution in [0.15, 0.2) is 24.4 Å². The van der Waals surface area contributed by atoms with Crippen molar-refractivity contribution in [3.8, 4) is 0 Å². The van der Waals surface area contributed by atoms with Gasteiger partial charge in [0.2, 0.25) is 0 Å². The topological polar surface area (TPSA) is 59.8 Å². The predicted octanol–water partition coefficient (Wildman–Crippen LogP) is 1.74. The van der Waals surface area contributed by atoms with Crippen molar-refractivity contribution < 1.29 is 10.2 Å². The van der Waals surface area contributed by atoms with E-state index in [2.05, 4.69) is 14.8 Å². The smallest absolute Gasteiger partial charge is 0.109 e. The molecule has 0 radical (unpaired) electrons. The number of hydrogen-bond acceptors (Lipinski definition) is 5. The Labute approximate surface area is 150 Å². The van der Waals surface area contributed by atoms with E-state index in [0.29, 0.717) is 18.9 Å². The standard InChI is InChI=1S/C20H31N3O2/c24-19(17-6-1-3-11-21-17)9-14-22(15-10-19)16-20(25)8-5-13-23-12-4-2-7-18(20)23/h1,3,6,11,18,24-25H,2,4-5,7-10,12-16H2/t18-,20-/m1/s1. The Bertz CT molecular complexity index is 572. The summed E-state index contributed by atoms with van der Waals surface area (Å²) in [5.74, 6) is 0. The number of β-amino-alcohol motifs (C(OH)–C–C–N with tert-alkyl or cyclic N) is 1. The molecule has 4 heterocycles. The molecule has 4 rings (SSSR count). The highest BCUT2D eigenvalue weighted by molar-refractivity contribution is 5.14. The number of pyridine rings is 1. The van der Waals surface area contributed by atoms with Crippen LogP contribution in [0.2, 0.25) is 0 Å². The van der Waals surface area contributed by atoms with Crippen molar-refractivity contribution in [2.75, 3.05) is 32.7 Å². The fourth-order valence-electron chi connectivity index (χ4n) is 5.17. The van der Waals surface area contributed by atoms with E-state index < -0.39 is 11.2 Å². The van der Waals surface area contributed by atoms with E-state index in [0.717, 1.165) is 57.7 Å². The van der Waals surface area contributed by atoms with E-state index in [-0.39, 0.29) is 0 Å². The maximum Gasteiger partial charge on any atom is 0.109 e. The Balaban J connectivity index is 1.39. The molecule has 2 atom stereocenters. The van der Waals surface area contributed by atoms with Gasteiger partial charge in [0.05, 0.1) is 11.3 Å². The lowest BCUT2D eigenvalue weighted by Crippen LogP contribution is -2.63. The molecule has 3 aliphatic rings. The van der Waals surface area contributed by atoms with Crippen molar-refractivity contribution >= 4 is 0 Å². The Morgan fingerprint density at radius 2 is 1.80 bits per heavy atom. The monoisotopic (exact) mass is 345 g/mol. The number of rotatable bonds is 3. The minimum Gasteiger partial charge on any atom is -0.387 e. The zero-order valence-electron chi connectivity index (χ0n) is 15.1.